The Hall–Kier alpha value is -2.25. The van der Waals surface area contributed by atoms with Crippen LogP contribution in [0.25, 0.3) is 0 Å². The predicted octanol–water partition coefficient (Wildman–Crippen LogP) is 2.82. The lowest BCUT2D eigenvalue weighted by Gasteiger charge is -2.53. The highest BCUT2D eigenvalue weighted by Crippen LogP contribution is 2.31. The molecule has 1 atom stereocenters. The molecule has 1 aromatic rings. The molecule has 0 aliphatic carbocycles. The molecule has 178 valence electrons. The van der Waals surface area contributed by atoms with Gasteiger partial charge in [0, 0.05) is 37.5 Å². The van der Waals surface area contributed by atoms with Crippen molar-refractivity contribution in [1.29, 1.82) is 0 Å². The van der Waals surface area contributed by atoms with E-state index in [1.807, 2.05) is 32.9 Å². The van der Waals surface area contributed by atoms with E-state index in [2.05, 4.69) is 34.0 Å². The first-order chi connectivity index (χ1) is 15.0. The average Bonchev–Trinajstić information content (AvgIpc) is 2.68. The summed E-state index contributed by atoms with van der Waals surface area (Å²) >= 11 is 0. The Bertz CT molecular complexity index is 815. The molecule has 7 heteroatoms. The van der Waals surface area contributed by atoms with Crippen LogP contribution in [0.5, 0.6) is 0 Å². The molecule has 0 bridgehead atoms. The van der Waals surface area contributed by atoms with Crippen LogP contribution in [0.3, 0.4) is 0 Å². The van der Waals surface area contributed by atoms with Crippen molar-refractivity contribution in [2.75, 3.05) is 19.7 Å². The van der Waals surface area contributed by atoms with Crippen molar-refractivity contribution in [2.45, 2.75) is 83.8 Å². The monoisotopic (exact) mass is 444 g/mol. The molecule has 0 radical (unpaired) electrons. The number of aryl methyl sites for hydroxylation is 1. The SMILES string of the molecule is C=C(C)C(=O)NC1(CC(=O)NC(C)(C)c2cc(C)ccn2)CN(C(CCC)CCCO)C1. The fourth-order valence-electron chi connectivity index (χ4n) is 4.38. The van der Waals surface area contributed by atoms with Gasteiger partial charge in [0.1, 0.15) is 0 Å². The molecule has 1 fully saturated rings. The largest absolute Gasteiger partial charge is 0.396 e. The molecule has 0 spiro atoms. The lowest BCUT2D eigenvalue weighted by molar-refractivity contribution is -0.130. The Morgan fingerprint density at radius 3 is 2.59 bits per heavy atom. The number of aliphatic hydroxyl groups excluding tert-OH is 1. The van der Waals surface area contributed by atoms with E-state index in [1.54, 1.807) is 13.1 Å². The van der Waals surface area contributed by atoms with Crippen LogP contribution in [0, 0.1) is 6.92 Å². The first-order valence-electron chi connectivity index (χ1n) is 11.6. The maximum atomic E-state index is 13.1. The molecule has 1 saturated heterocycles. The smallest absolute Gasteiger partial charge is 0.246 e. The minimum absolute atomic E-state index is 0.123. The number of rotatable bonds is 12. The first kappa shape index (κ1) is 26.0. The molecule has 2 heterocycles. The Kier molecular flexibility index (Phi) is 8.98. The summed E-state index contributed by atoms with van der Waals surface area (Å²) in [6, 6.07) is 4.24. The number of aliphatic hydroxyl groups is 1. The summed E-state index contributed by atoms with van der Waals surface area (Å²) in [7, 11) is 0. The number of hydrogen-bond donors (Lipinski definition) is 3. The lowest BCUT2D eigenvalue weighted by atomic mass is 9.82. The van der Waals surface area contributed by atoms with Crippen molar-refractivity contribution in [1.82, 2.24) is 20.5 Å². The van der Waals surface area contributed by atoms with Gasteiger partial charge in [-0.3, -0.25) is 19.5 Å². The Morgan fingerprint density at radius 2 is 2.03 bits per heavy atom. The van der Waals surface area contributed by atoms with E-state index in [-0.39, 0.29) is 24.8 Å². The minimum Gasteiger partial charge on any atom is -0.396 e. The topological polar surface area (TPSA) is 94.6 Å². The van der Waals surface area contributed by atoms with Crippen LogP contribution < -0.4 is 10.6 Å². The maximum absolute atomic E-state index is 13.1. The van der Waals surface area contributed by atoms with Crippen LogP contribution in [0.15, 0.2) is 30.5 Å². The predicted molar refractivity (Wildman–Crippen MR) is 127 cm³/mol. The molecule has 7 nitrogen and oxygen atoms in total. The Balaban J connectivity index is 2.11. The number of likely N-dealkylation sites (tertiary alicyclic amines) is 1. The van der Waals surface area contributed by atoms with E-state index >= 15 is 0 Å². The van der Waals surface area contributed by atoms with Crippen LogP contribution in [-0.4, -0.2) is 58.1 Å². The van der Waals surface area contributed by atoms with Crippen molar-refractivity contribution in [3.63, 3.8) is 0 Å². The molecule has 2 rings (SSSR count). The molecule has 1 unspecified atom stereocenters. The van der Waals surface area contributed by atoms with E-state index in [0.29, 0.717) is 24.7 Å². The van der Waals surface area contributed by atoms with Crippen molar-refractivity contribution < 1.29 is 14.7 Å². The maximum Gasteiger partial charge on any atom is 0.246 e. The van der Waals surface area contributed by atoms with Crippen molar-refractivity contribution in [2.24, 2.45) is 0 Å². The molecule has 1 aliphatic rings. The zero-order chi connectivity index (χ0) is 23.9. The van der Waals surface area contributed by atoms with Crippen LogP contribution in [0.1, 0.15) is 71.1 Å². The molecule has 1 aliphatic heterocycles. The van der Waals surface area contributed by atoms with E-state index in [0.717, 1.165) is 36.9 Å². The van der Waals surface area contributed by atoms with Gasteiger partial charge < -0.3 is 15.7 Å². The molecule has 3 N–H and O–H groups in total. The van der Waals surface area contributed by atoms with Gasteiger partial charge in [-0.05, 0) is 64.7 Å². The highest BCUT2D eigenvalue weighted by Gasteiger charge is 2.48. The number of nitrogens with zero attached hydrogens (tertiary/aromatic N) is 2. The van der Waals surface area contributed by atoms with Gasteiger partial charge in [-0.15, -0.1) is 0 Å². The third kappa shape index (κ3) is 6.87. The number of nitrogens with one attached hydrogen (secondary N) is 2. The van der Waals surface area contributed by atoms with Crippen LogP contribution in [0.2, 0.25) is 0 Å². The van der Waals surface area contributed by atoms with E-state index in [9.17, 15) is 14.7 Å². The highest BCUT2D eigenvalue weighted by atomic mass is 16.3. The summed E-state index contributed by atoms with van der Waals surface area (Å²) in [4.78, 5) is 32.3. The summed E-state index contributed by atoms with van der Waals surface area (Å²) in [5.41, 5.74) is 1.06. The van der Waals surface area contributed by atoms with Gasteiger partial charge >= 0.3 is 0 Å². The van der Waals surface area contributed by atoms with E-state index < -0.39 is 11.1 Å². The third-order valence-electron chi connectivity index (χ3n) is 6.12. The van der Waals surface area contributed by atoms with Crippen LogP contribution >= 0.6 is 0 Å². The van der Waals surface area contributed by atoms with Gasteiger partial charge in [-0.25, -0.2) is 0 Å². The summed E-state index contributed by atoms with van der Waals surface area (Å²) in [6.07, 6.45) is 5.68. The van der Waals surface area contributed by atoms with Crippen molar-refractivity contribution in [3.8, 4) is 0 Å². The van der Waals surface area contributed by atoms with Gasteiger partial charge in [0.15, 0.2) is 0 Å². The zero-order valence-corrected chi connectivity index (χ0v) is 20.3. The number of amides is 2. The second kappa shape index (κ2) is 11.1. The van der Waals surface area contributed by atoms with Crippen molar-refractivity contribution >= 4 is 11.8 Å². The van der Waals surface area contributed by atoms with Gasteiger partial charge in [-0.2, -0.15) is 0 Å². The van der Waals surface area contributed by atoms with Crippen molar-refractivity contribution in [3.05, 3.63) is 41.7 Å². The number of hydrogen-bond acceptors (Lipinski definition) is 5. The number of carbonyl (C=O) groups excluding carboxylic acids is 2. The molecule has 1 aromatic heterocycles. The number of pyridine rings is 1. The molecular formula is C25H40N4O3. The Morgan fingerprint density at radius 1 is 1.34 bits per heavy atom. The summed E-state index contributed by atoms with van der Waals surface area (Å²) in [6.45, 7) is 14.8. The van der Waals surface area contributed by atoms with Gasteiger partial charge in [0.05, 0.1) is 23.2 Å². The molecule has 0 saturated carbocycles. The van der Waals surface area contributed by atoms with E-state index in [4.69, 9.17) is 0 Å². The Labute approximate surface area is 192 Å². The second-order valence-corrected chi connectivity index (χ2v) is 9.80. The highest BCUT2D eigenvalue weighted by molar-refractivity contribution is 5.93. The molecular weight excluding hydrogens is 404 g/mol. The second-order valence-electron chi connectivity index (χ2n) is 9.80. The molecule has 2 amide bonds. The zero-order valence-electron chi connectivity index (χ0n) is 20.3. The molecule has 0 aromatic carbocycles. The normalized spacial score (nSPS) is 16.7. The lowest BCUT2D eigenvalue weighted by Crippen LogP contribution is -2.73. The quantitative estimate of drug-likeness (QED) is 0.431. The summed E-state index contributed by atoms with van der Waals surface area (Å²) in [5, 5.41) is 15.4. The number of aromatic nitrogens is 1. The van der Waals surface area contributed by atoms with Crippen LogP contribution in [-0.2, 0) is 15.1 Å². The fourth-order valence-corrected chi connectivity index (χ4v) is 4.38. The van der Waals surface area contributed by atoms with Gasteiger partial charge in [0.25, 0.3) is 0 Å². The van der Waals surface area contributed by atoms with Crippen LogP contribution in [0.4, 0.5) is 0 Å². The summed E-state index contributed by atoms with van der Waals surface area (Å²) in [5.74, 6) is -0.346. The fraction of sp³-hybridized carbons (Fsp3) is 0.640. The van der Waals surface area contributed by atoms with Gasteiger partial charge in [-0.1, -0.05) is 19.9 Å². The molecule has 32 heavy (non-hydrogen) atoms. The number of carbonyl (C=O) groups is 2. The summed E-state index contributed by atoms with van der Waals surface area (Å²) < 4.78 is 0. The van der Waals surface area contributed by atoms with Gasteiger partial charge in [0.2, 0.25) is 11.8 Å². The standard InChI is InChI=1S/C25H40N4O3/c1-7-9-20(10-8-13-30)29-16-25(17-29,28-23(32)18(2)3)15-22(31)27-24(5,6)21-14-19(4)11-12-26-21/h11-12,14,20,30H,2,7-10,13,15-17H2,1,3-6H3,(H,27,31)(H,28,32). The third-order valence-corrected chi connectivity index (χ3v) is 6.12. The minimum atomic E-state index is -0.627. The van der Waals surface area contributed by atoms with E-state index in [1.165, 1.54) is 0 Å². The average molecular weight is 445 g/mol. The first-order valence-corrected chi connectivity index (χ1v) is 11.6.